The molecule has 0 fully saturated rings. The smallest absolute Gasteiger partial charge is 0.753 e. The van der Waals surface area contributed by atoms with Gasteiger partial charge in [-0.25, -0.2) is 9.59 Å². The monoisotopic (exact) mass is 1170 g/mol. The number of unbranched alkanes of at least 4 members (excludes halogenated alkanes) is 2. The van der Waals surface area contributed by atoms with Crippen LogP contribution in [0.4, 0.5) is 0 Å². The first kappa shape index (κ1) is 60.9. The third-order valence-corrected chi connectivity index (χ3v) is 15.6. The average molecular weight is 1170 g/mol. The first-order valence-corrected chi connectivity index (χ1v) is 27.6. The number of aromatic nitrogens is 4. The van der Waals surface area contributed by atoms with Crippen molar-refractivity contribution in [3.05, 3.63) is 201 Å². The summed E-state index contributed by atoms with van der Waals surface area (Å²) in [5.74, 6) is -2.15. The summed E-state index contributed by atoms with van der Waals surface area (Å²) in [4.78, 5) is 39.3. The second kappa shape index (κ2) is 28.0. The van der Waals surface area contributed by atoms with Crippen LogP contribution in [0.2, 0.25) is 0 Å². The Morgan fingerprint density at radius 2 is 0.734 bits per heavy atom. The molecule has 0 spiro atoms. The van der Waals surface area contributed by atoms with Crippen LogP contribution in [0.3, 0.4) is 0 Å². The minimum absolute atomic E-state index is 0. The van der Waals surface area contributed by atoms with E-state index in [2.05, 4.69) is 173 Å². The van der Waals surface area contributed by atoms with Gasteiger partial charge in [0.1, 0.15) is 0 Å². The van der Waals surface area contributed by atoms with Crippen molar-refractivity contribution >= 4 is 46.7 Å². The first-order valence-electron chi connectivity index (χ1n) is 26.8. The van der Waals surface area contributed by atoms with E-state index in [9.17, 15) is 9.59 Å². The van der Waals surface area contributed by atoms with Crippen LogP contribution in [-0.2, 0) is 43.1 Å². The topological polar surface area (TPSA) is 171 Å². The molecule has 10 nitrogen and oxygen atoms in total. The molecule has 0 aliphatic heterocycles. The Labute approximate surface area is 488 Å². The van der Waals surface area contributed by atoms with E-state index >= 15 is 0 Å². The number of carboxylic acid groups (broad SMARTS) is 2. The molecule has 0 saturated heterocycles. The molecule has 8 aromatic rings. The number of fused-ring (bicyclic) bond motifs is 6. The summed E-state index contributed by atoms with van der Waals surface area (Å²) in [6, 6.07) is 43.0. The van der Waals surface area contributed by atoms with Gasteiger partial charge in [-0.3, -0.25) is 19.9 Å². The van der Waals surface area contributed by atoms with E-state index in [1.54, 1.807) is 0 Å². The number of carbonyl (C=O) groups is 2. The number of thiocarbonyl (C=S) groups is 2. The van der Waals surface area contributed by atoms with Gasteiger partial charge in [0.15, 0.2) is 0 Å². The van der Waals surface area contributed by atoms with Gasteiger partial charge >= 0.3 is 31.4 Å². The zero-order valence-corrected chi connectivity index (χ0v) is 48.9. The Morgan fingerprint density at radius 1 is 0.443 bits per heavy atom. The Balaban J connectivity index is 0.000000336. The average Bonchev–Trinajstić information content (AvgIpc) is 3.94. The zero-order valence-electron chi connectivity index (χ0n) is 45.5. The summed E-state index contributed by atoms with van der Waals surface area (Å²) in [7, 11) is 0. The molecule has 2 aliphatic rings. The van der Waals surface area contributed by atoms with Crippen molar-refractivity contribution in [2.24, 2.45) is 0 Å². The fraction of sp³-hybridized carbons (Fsp3) is 0.273. The van der Waals surface area contributed by atoms with Crippen LogP contribution in [0.1, 0.15) is 147 Å². The Hall–Kier alpha value is -7.36. The van der Waals surface area contributed by atoms with Crippen LogP contribution in [0, 0.1) is 0 Å². The number of rotatable bonds is 16. The van der Waals surface area contributed by atoms with Gasteiger partial charge in [0.25, 0.3) is 0 Å². The summed E-state index contributed by atoms with van der Waals surface area (Å²) < 4.78 is 0. The molecule has 10 rings (SSSR count). The maximum Gasteiger partial charge on any atom is 2.00 e. The van der Waals surface area contributed by atoms with E-state index in [1.807, 2.05) is 12.4 Å². The molecule has 0 saturated carbocycles. The minimum atomic E-state index is -1.08. The number of nitrogens with zero attached hydrogens (tertiary/aromatic N) is 6. The number of aromatic carboxylic acids is 2. The van der Waals surface area contributed by atoms with Gasteiger partial charge in [-0.05, 0) is 190 Å². The van der Waals surface area contributed by atoms with Crippen LogP contribution < -0.4 is 0 Å². The molecule has 0 unspecified atom stereocenters. The third-order valence-electron chi connectivity index (χ3n) is 15.6. The van der Waals surface area contributed by atoms with E-state index in [0.717, 1.165) is 49.9 Å². The Kier molecular flexibility index (Phi) is 21.6. The van der Waals surface area contributed by atoms with Crippen LogP contribution in [0.25, 0.3) is 78.1 Å². The Bertz CT molecular complexity index is 3310. The SMILES string of the molecule is CCCCc1ccc2c(c1)C(CC)(CC)c1cc(-c3ccnc(-c4cc(-c5ccc6c(c5)C(CC)(CC)c5cc(CCCC)ccc5-6)ccn4)c3)ccc1-2.O=C(O)c1ccnc(-c2cc(C(=O)O)ccn2)c1.[N-]=C=S.[N-]=C=S.[Ru+2]. The number of pyridine rings is 4. The van der Waals surface area contributed by atoms with E-state index in [0.29, 0.717) is 11.4 Å². The Morgan fingerprint density at radius 3 is 1.05 bits per heavy atom. The summed E-state index contributed by atoms with van der Waals surface area (Å²) >= 11 is 7.40. The molecule has 402 valence electrons. The molecule has 79 heavy (non-hydrogen) atoms. The molecule has 13 heteroatoms. The fourth-order valence-electron chi connectivity index (χ4n) is 11.4. The van der Waals surface area contributed by atoms with Crippen molar-refractivity contribution in [2.45, 2.75) is 117 Å². The predicted molar refractivity (Wildman–Crippen MR) is 322 cm³/mol. The molecule has 4 heterocycles. The largest absolute Gasteiger partial charge is 2.00 e. The predicted octanol–water partition coefficient (Wildman–Crippen LogP) is 17.2. The van der Waals surface area contributed by atoms with Gasteiger partial charge in [0, 0.05) is 35.6 Å². The molecule has 0 radical (unpaired) electrons. The van der Waals surface area contributed by atoms with Crippen LogP contribution in [0.15, 0.2) is 146 Å². The second-order valence-corrected chi connectivity index (χ2v) is 19.9. The number of benzene rings is 4. The first-order chi connectivity index (χ1) is 37.8. The van der Waals surface area contributed by atoms with Gasteiger partial charge in [0.05, 0.1) is 33.9 Å². The summed E-state index contributed by atoms with van der Waals surface area (Å²) in [5.41, 5.74) is 22.1. The van der Waals surface area contributed by atoms with Crippen molar-refractivity contribution in [1.82, 2.24) is 19.9 Å². The van der Waals surface area contributed by atoms with Gasteiger partial charge in [-0.1, -0.05) is 139 Å². The second-order valence-electron chi connectivity index (χ2n) is 19.6. The molecular formula is C66H64N6O4RuS2. The van der Waals surface area contributed by atoms with Crippen LogP contribution in [-0.4, -0.2) is 52.4 Å². The van der Waals surface area contributed by atoms with E-state index in [4.69, 9.17) is 31.0 Å². The summed E-state index contributed by atoms with van der Waals surface area (Å²) in [6.07, 6.45) is 18.2. The molecule has 0 amide bonds. The minimum Gasteiger partial charge on any atom is -0.753 e. The van der Waals surface area contributed by atoms with Crippen molar-refractivity contribution in [1.29, 1.82) is 0 Å². The van der Waals surface area contributed by atoms with E-state index in [-0.39, 0.29) is 41.4 Å². The molecule has 4 aromatic carbocycles. The van der Waals surface area contributed by atoms with Gasteiger partial charge in [-0.15, -0.1) is 0 Å². The molecule has 2 aliphatic carbocycles. The summed E-state index contributed by atoms with van der Waals surface area (Å²) in [6.45, 7) is 14.0. The fourth-order valence-corrected chi connectivity index (χ4v) is 11.4. The number of carboxylic acids is 2. The third kappa shape index (κ3) is 12.9. The van der Waals surface area contributed by atoms with E-state index < -0.39 is 11.9 Å². The molecule has 4 aromatic heterocycles. The van der Waals surface area contributed by atoms with Crippen molar-refractivity contribution in [3.8, 4) is 67.3 Å². The standard InChI is InChI=1S/C52H56N2.C12H8N2O4.2CNS.Ru/c1-7-13-15-35-17-21-41-43-23-19-37(31-47(43)51(9-3,10-4)45(41)29-35)39-25-27-53-49(33-39)50-34-40(26-28-54-50)38-20-24-44-42-22-18-36(16-14-8-2)30-46(42)52(11-5,12-6)48(44)32-38;15-11(16)7-1-3-13-9(5-7)10-6-8(12(17)18)2-4-14-10;2*2-1-3;/h17-34H,7-16H2,1-6H3;1-6H,(H,15,16)(H,17,18);;;/q;;2*-1;+2. The molecular weight excluding hydrogens is 1110 g/mol. The molecule has 0 bridgehead atoms. The molecule has 0 atom stereocenters. The normalized spacial score (nSPS) is 12.3. The van der Waals surface area contributed by atoms with Crippen LogP contribution >= 0.6 is 24.4 Å². The zero-order chi connectivity index (χ0) is 56.0. The maximum atomic E-state index is 10.8. The van der Waals surface area contributed by atoms with Gasteiger partial charge in [-0.2, -0.15) is 10.3 Å². The van der Waals surface area contributed by atoms with Crippen molar-refractivity contribution < 1.29 is 39.3 Å². The van der Waals surface area contributed by atoms with Gasteiger partial charge in [0.2, 0.25) is 0 Å². The van der Waals surface area contributed by atoms with Crippen molar-refractivity contribution in [2.75, 3.05) is 0 Å². The maximum absolute atomic E-state index is 10.8. The van der Waals surface area contributed by atoms with Crippen LogP contribution in [0.5, 0.6) is 0 Å². The van der Waals surface area contributed by atoms with Gasteiger partial charge < -0.3 is 21.0 Å². The quantitative estimate of drug-likeness (QED) is 0.0539. The number of hydrogen-bond acceptors (Lipinski definition) is 8. The molecule has 2 N–H and O–H groups in total. The number of isothiocyanates is 2. The van der Waals surface area contributed by atoms with E-state index in [1.165, 1.54) is 151 Å². The van der Waals surface area contributed by atoms with Crippen molar-refractivity contribution in [3.63, 3.8) is 0 Å². The summed E-state index contributed by atoms with van der Waals surface area (Å²) in [5, 5.41) is 34.6. The number of aryl methyl sites for hydroxylation is 2. The number of hydrogen-bond donors (Lipinski definition) is 2.